The van der Waals surface area contributed by atoms with Crippen molar-refractivity contribution in [3.05, 3.63) is 59.7 Å². The Bertz CT molecular complexity index is 863. The molecule has 1 aromatic rings. The van der Waals surface area contributed by atoms with E-state index in [1.807, 2.05) is 36.4 Å². The molecule has 7 nitrogen and oxygen atoms in total. The fraction of sp³-hybridized carbons (Fsp3) is 0.348. The second-order valence-corrected chi connectivity index (χ2v) is 6.43. The van der Waals surface area contributed by atoms with E-state index in [9.17, 15) is 14.4 Å². The SMILES string of the molecule is CCOC(=O)N1CCC=C(C=CC(=O)O[C@H](C)C#CC(=O)OCc2ccccc2)C1. The third-order valence-electron chi connectivity index (χ3n) is 4.02. The largest absolute Gasteiger partial charge is 0.451 e. The highest BCUT2D eigenvalue weighted by Gasteiger charge is 2.18. The van der Waals surface area contributed by atoms with E-state index >= 15 is 0 Å². The smallest absolute Gasteiger partial charge is 0.410 e. The Kier molecular flexibility index (Phi) is 9.19. The van der Waals surface area contributed by atoms with Gasteiger partial charge in [0, 0.05) is 25.1 Å². The molecule has 1 aromatic carbocycles. The molecule has 1 amide bonds. The maximum atomic E-state index is 11.9. The Morgan fingerprint density at radius 1 is 1.20 bits per heavy atom. The minimum atomic E-state index is -0.775. The van der Waals surface area contributed by atoms with Gasteiger partial charge in [-0.2, -0.15) is 0 Å². The summed E-state index contributed by atoms with van der Waals surface area (Å²) in [6.45, 7) is 4.70. The van der Waals surface area contributed by atoms with Gasteiger partial charge >= 0.3 is 18.0 Å². The molecule has 1 aliphatic rings. The van der Waals surface area contributed by atoms with E-state index in [0.29, 0.717) is 26.1 Å². The van der Waals surface area contributed by atoms with Crippen LogP contribution in [0, 0.1) is 11.8 Å². The van der Waals surface area contributed by atoms with Gasteiger partial charge in [0.1, 0.15) is 6.61 Å². The highest BCUT2D eigenvalue weighted by Crippen LogP contribution is 2.12. The Hall–Kier alpha value is -3.53. The number of amides is 1. The fourth-order valence-corrected chi connectivity index (χ4v) is 2.60. The molecule has 1 heterocycles. The molecule has 1 atom stereocenters. The molecule has 0 aromatic heterocycles. The zero-order valence-electron chi connectivity index (χ0n) is 17.1. The van der Waals surface area contributed by atoms with Crippen molar-refractivity contribution < 1.29 is 28.6 Å². The predicted molar refractivity (Wildman–Crippen MR) is 110 cm³/mol. The number of ether oxygens (including phenoxy) is 3. The number of nitrogens with zero attached hydrogens (tertiary/aromatic N) is 1. The predicted octanol–water partition coefficient (Wildman–Crippen LogP) is 3.01. The molecule has 30 heavy (non-hydrogen) atoms. The number of benzene rings is 1. The Morgan fingerprint density at radius 3 is 2.70 bits per heavy atom. The van der Waals surface area contributed by atoms with Crippen LogP contribution in [-0.2, 0) is 30.4 Å². The van der Waals surface area contributed by atoms with Crippen LogP contribution in [0.1, 0.15) is 25.8 Å². The van der Waals surface area contributed by atoms with Crippen LogP contribution in [0.3, 0.4) is 0 Å². The lowest BCUT2D eigenvalue weighted by Gasteiger charge is -2.25. The molecular weight excluding hydrogens is 386 g/mol. The topological polar surface area (TPSA) is 82.1 Å². The van der Waals surface area contributed by atoms with Crippen molar-refractivity contribution in [1.82, 2.24) is 4.90 Å². The van der Waals surface area contributed by atoms with Crippen LogP contribution in [0.4, 0.5) is 4.79 Å². The number of hydrogen-bond acceptors (Lipinski definition) is 6. The Morgan fingerprint density at radius 2 is 1.97 bits per heavy atom. The summed E-state index contributed by atoms with van der Waals surface area (Å²) in [4.78, 5) is 37.0. The van der Waals surface area contributed by atoms with E-state index in [2.05, 4.69) is 11.8 Å². The monoisotopic (exact) mass is 411 g/mol. The van der Waals surface area contributed by atoms with Gasteiger partial charge in [-0.3, -0.25) is 0 Å². The molecule has 0 aliphatic carbocycles. The van der Waals surface area contributed by atoms with E-state index < -0.39 is 18.0 Å². The van der Waals surface area contributed by atoms with E-state index in [1.54, 1.807) is 24.8 Å². The van der Waals surface area contributed by atoms with Gasteiger partial charge in [0.05, 0.1) is 6.61 Å². The molecule has 0 bridgehead atoms. The number of esters is 2. The summed E-state index contributed by atoms with van der Waals surface area (Å²) in [6.07, 6.45) is 4.35. The third-order valence-corrected chi connectivity index (χ3v) is 4.02. The van der Waals surface area contributed by atoms with Crippen molar-refractivity contribution in [2.75, 3.05) is 19.7 Å². The lowest BCUT2D eigenvalue weighted by atomic mass is 10.1. The van der Waals surface area contributed by atoms with Crippen molar-refractivity contribution >= 4 is 18.0 Å². The molecule has 7 heteroatoms. The first-order valence-corrected chi connectivity index (χ1v) is 9.69. The van der Waals surface area contributed by atoms with Gasteiger partial charge in [0.2, 0.25) is 0 Å². The molecule has 0 radical (unpaired) electrons. The number of rotatable bonds is 6. The van der Waals surface area contributed by atoms with Gasteiger partial charge in [-0.25, -0.2) is 14.4 Å². The molecule has 1 aliphatic heterocycles. The molecule has 0 unspecified atom stereocenters. The minimum absolute atomic E-state index is 0.128. The zero-order chi connectivity index (χ0) is 21.8. The summed E-state index contributed by atoms with van der Waals surface area (Å²) >= 11 is 0. The van der Waals surface area contributed by atoms with Crippen molar-refractivity contribution in [3.63, 3.8) is 0 Å². The van der Waals surface area contributed by atoms with Crippen molar-refractivity contribution in [2.24, 2.45) is 0 Å². The third kappa shape index (κ3) is 8.23. The van der Waals surface area contributed by atoms with Gasteiger partial charge in [-0.05, 0) is 37.3 Å². The standard InChI is InChI=1S/C23H25NO6/c1-3-28-23(27)24-15-7-10-19(16-24)12-14-22(26)30-18(2)11-13-21(25)29-17-20-8-5-4-6-9-20/h4-6,8-10,12,14,18H,3,7,15-17H2,1-2H3/t18-/m1/s1. The summed E-state index contributed by atoms with van der Waals surface area (Å²) in [6, 6.07) is 9.25. The van der Waals surface area contributed by atoms with Crippen LogP contribution in [0.15, 0.2) is 54.1 Å². The van der Waals surface area contributed by atoms with E-state index in [0.717, 1.165) is 11.1 Å². The summed E-state index contributed by atoms with van der Waals surface area (Å²) in [7, 11) is 0. The van der Waals surface area contributed by atoms with E-state index in [4.69, 9.17) is 14.2 Å². The zero-order valence-corrected chi connectivity index (χ0v) is 17.1. The van der Waals surface area contributed by atoms with Crippen LogP contribution in [0.2, 0.25) is 0 Å². The van der Waals surface area contributed by atoms with Gasteiger partial charge in [0.25, 0.3) is 0 Å². The maximum absolute atomic E-state index is 11.9. The summed E-state index contributed by atoms with van der Waals surface area (Å²) in [5.74, 6) is 3.56. The quantitative estimate of drug-likeness (QED) is 0.235. The van der Waals surface area contributed by atoms with Gasteiger partial charge in [0.15, 0.2) is 6.10 Å². The molecule has 158 valence electrons. The van der Waals surface area contributed by atoms with Crippen LogP contribution in [-0.4, -0.2) is 48.7 Å². The van der Waals surface area contributed by atoms with E-state index in [-0.39, 0.29) is 12.7 Å². The highest BCUT2D eigenvalue weighted by atomic mass is 16.6. The molecular formula is C23H25NO6. The Labute approximate surface area is 176 Å². The van der Waals surface area contributed by atoms with Gasteiger partial charge < -0.3 is 19.1 Å². The highest BCUT2D eigenvalue weighted by molar-refractivity contribution is 5.88. The van der Waals surface area contributed by atoms with Gasteiger partial charge in [-0.15, -0.1) is 0 Å². The van der Waals surface area contributed by atoms with Gasteiger partial charge in [-0.1, -0.05) is 42.5 Å². The molecule has 0 fully saturated rings. The van der Waals surface area contributed by atoms with E-state index in [1.165, 1.54) is 6.08 Å². The average molecular weight is 411 g/mol. The second-order valence-electron chi connectivity index (χ2n) is 6.43. The summed E-state index contributed by atoms with van der Waals surface area (Å²) in [5, 5.41) is 0. The molecule has 0 spiro atoms. The number of carbonyl (C=O) groups excluding carboxylic acids is 3. The first kappa shape index (κ1) is 22.8. The first-order chi connectivity index (χ1) is 14.5. The second kappa shape index (κ2) is 12.1. The summed E-state index contributed by atoms with van der Waals surface area (Å²) in [5.41, 5.74) is 1.67. The lowest BCUT2D eigenvalue weighted by Crippen LogP contribution is -2.36. The molecule has 2 rings (SSSR count). The fourth-order valence-electron chi connectivity index (χ4n) is 2.60. The first-order valence-electron chi connectivity index (χ1n) is 9.69. The van der Waals surface area contributed by atoms with Crippen molar-refractivity contribution in [2.45, 2.75) is 33.0 Å². The summed E-state index contributed by atoms with van der Waals surface area (Å²) < 4.78 is 15.2. The average Bonchev–Trinajstić information content (AvgIpc) is 2.76. The van der Waals surface area contributed by atoms with Crippen LogP contribution < -0.4 is 0 Å². The normalized spacial score (nSPS) is 14.2. The van der Waals surface area contributed by atoms with Crippen LogP contribution in [0.25, 0.3) is 0 Å². The molecule has 0 N–H and O–H groups in total. The Balaban J connectivity index is 1.76. The number of carbonyl (C=O) groups is 3. The number of hydrogen-bond donors (Lipinski definition) is 0. The van der Waals surface area contributed by atoms with Crippen LogP contribution in [0.5, 0.6) is 0 Å². The van der Waals surface area contributed by atoms with Crippen molar-refractivity contribution in [3.8, 4) is 11.8 Å². The van der Waals surface area contributed by atoms with Crippen molar-refractivity contribution in [1.29, 1.82) is 0 Å². The van der Waals surface area contributed by atoms with Crippen LogP contribution >= 0.6 is 0 Å². The maximum Gasteiger partial charge on any atom is 0.410 e. The molecule has 0 saturated carbocycles. The molecule has 0 saturated heterocycles. The minimum Gasteiger partial charge on any atom is -0.451 e. The lowest BCUT2D eigenvalue weighted by molar-refractivity contribution is -0.140.